The van der Waals surface area contributed by atoms with E-state index in [-0.39, 0.29) is 12.6 Å². The maximum atomic E-state index is 8.76. The molecule has 0 unspecified atom stereocenters. The molecular weight excluding hydrogens is 142 g/mol. The Morgan fingerprint density at radius 1 is 1.64 bits per heavy atom. The van der Waals surface area contributed by atoms with Gasteiger partial charge in [0.15, 0.2) is 0 Å². The summed E-state index contributed by atoms with van der Waals surface area (Å²) in [6.07, 6.45) is 0. The Morgan fingerprint density at radius 2 is 2.27 bits per heavy atom. The summed E-state index contributed by atoms with van der Waals surface area (Å²) >= 11 is 0. The Labute approximate surface area is 65.8 Å². The summed E-state index contributed by atoms with van der Waals surface area (Å²) in [6.45, 7) is 3.66. The first-order chi connectivity index (χ1) is 5.15. The van der Waals surface area contributed by atoms with E-state index in [9.17, 15) is 0 Å². The van der Waals surface area contributed by atoms with Gasteiger partial charge in [-0.1, -0.05) is 0 Å². The van der Waals surface area contributed by atoms with Crippen molar-refractivity contribution in [3.8, 4) is 0 Å². The van der Waals surface area contributed by atoms with Gasteiger partial charge in [0.1, 0.15) is 11.5 Å². The van der Waals surface area contributed by atoms with Gasteiger partial charge < -0.3 is 15.3 Å². The third-order valence-corrected chi connectivity index (χ3v) is 1.68. The van der Waals surface area contributed by atoms with Crippen molar-refractivity contribution < 1.29 is 9.52 Å². The summed E-state index contributed by atoms with van der Waals surface area (Å²) in [6, 6.07) is 1.54. The molecule has 0 saturated heterocycles. The zero-order chi connectivity index (χ0) is 8.43. The molecule has 3 nitrogen and oxygen atoms in total. The summed E-state index contributed by atoms with van der Waals surface area (Å²) in [5.41, 5.74) is 6.49. The van der Waals surface area contributed by atoms with E-state index in [1.807, 2.05) is 19.9 Å². The zero-order valence-corrected chi connectivity index (χ0v) is 6.79. The Balaban J connectivity index is 2.93. The molecule has 0 aliphatic rings. The molecule has 1 rings (SSSR count). The van der Waals surface area contributed by atoms with Gasteiger partial charge in [-0.25, -0.2) is 0 Å². The molecule has 0 aromatic carbocycles. The third kappa shape index (κ3) is 1.61. The van der Waals surface area contributed by atoms with Crippen LogP contribution in [-0.4, -0.2) is 11.7 Å². The number of aliphatic hydroxyl groups excluding tert-OH is 1. The van der Waals surface area contributed by atoms with E-state index in [1.165, 1.54) is 0 Å². The SMILES string of the molecule is Cc1cc([C@H](N)CO)c(C)o1. The van der Waals surface area contributed by atoms with Crippen LogP contribution in [0.1, 0.15) is 23.1 Å². The first-order valence-corrected chi connectivity index (χ1v) is 3.58. The van der Waals surface area contributed by atoms with Crippen LogP contribution in [0.15, 0.2) is 10.5 Å². The zero-order valence-electron chi connectivity index (χ0n) is 6.79. The summed E-state index contributed by atoms with van der Waals surface area (Å²) in [7, 11) is 0. The van der Waals surface area contributed by atoms with Gasteiger partial charge in [-0.05, 0) is 19.9 Å². The average molecular weight is 155 g/mol. The van der Waals surface area contributed by atoms with E-state index in [4.69, 9.17) is 15.3 Å². The second-order valence-corrected chi connectivity index (χ2v) is 2.66. The molecule has 11 heavy (non-hydrogen) atoms. The molecule has 1 aromatic heterocycles. The highest BCUT2D eigenvalue weighted by atomic mass is 16.3. The van der Waals surface area contributed by atoms with E-state index in [2.05, 4.69) is 0 Å². The minimum atomic E-state index is -0.313. The first-order valence-electron chi connectivity index (χ1n) is 3.58. The van der Waals surface area contributed by atoms with Gasteiger partial charge in [0.2, 0.25) is 0 Å². The number of aryl methyl sites for hydroxylation is 2. The van der Waals surface area contributed by atoms with Crippen molar-refractivity contribution >= 4 is 0 Å². The molecule has 1 heterocycles. The lowest BCUT2D eigenvalue weighted by Crippen LogP contribution is -2.14. The van der Waals surface area contributed by atoms with Crippen LogP contribution < -0.4 is 5.73 Å². The van der Waals surface area contributed by atoms with Gasteiger partial charge in [-0.3, -0.25) is 0 Å². The highest BCUT2D eigenvalue weighted by molar-refractivity contribution is 5.23. The lowest BCUT2D eigenvalue weighted by atomic mass is 10.1. The lowest BCUT2D eigenvalue weighted by molar-refractivity contribution is 0.266. The fourth-order valence-corrected chi connectivity index (χ4v) is 1.12. The van der Waals surface area contributed by atoms with Crippen molar-refractivity contribution in [2.45, 2.75) is 19.9 Å². The molecule has 3 heteroatoms. The second-order valence-electron chi connectivity index (χ2n) is 2.66. The topological polar surface area (TPSA) is 59.4 Å². The molecule has 0 fully saturated rings. The van der Waals surface area contributed by atoms with E-state index in [1.54, 1.807) is 0 Å². The van der Waals surface area contributed by atoms with Gasteiger partial charge in [0.25, 0.3) is 0 Å². The number of rotatable bonds is 2. The van der Waals surface area contributed by atoms with Gasteiger partial charge in [-0.15, -0.1) is 0 Å². The maximum Gasteiger partial charge on any atom is 0.105 e. The molecule has 0 spiro atoms. The third-order valence-electron chi connectivity index (χ3n) is 1.68. The van der Waals surface area contributed by atoms with Crippen LogP contribution in [0, 0.1) is 13.8 Å². The Morgan fingerprint density at radius 3 is 2.64 bits per heavy atom. The van der Waals surface area contributed by atoms with Crippen LogP contribution in [0.25, 0.3) is 0 Å². The van der Waals surface area contributed by atoms with Crippen LogP contribution in [0.2, 0.25) is 0 Å². The van der Waals surface area contributed by atoms with Crippen LogP contribution in [0.3, 0.4) is 0 Å². The van der Waals surface area contributed by atoms with Crippen molar-refractivity contribution in [1.29, 1.82) is 0 Å². The fraction of sp³-hybridized carbons (Fsp3) is 0.500. The molecule has 1 atom stereocenters. The van der Waals surface area contributed by atoms with Crippen molar-refractivity contribution in [3.63, 3.8) is 0 Å². The van der Waals surface area contributed by atoms with Crippen molar-refractivity contribution in [2.24, 2.45) is 5.73 Å². The van der Waals surface area contributed by atoms with Crippen LogP contribution in [0.5, 0.6) is 0 Å². The fourth-order valence-electron chi connectivity index (χ4n) is 1.12. The minimum absolute atomic E-state index is 0.0419. The Bertz CT molecular complexity index is 242. The summed E-state index contributed by atoms with van der Waals surface area (Å²) < 4.78 is 5.25. The Kier molecular flexibility index (Phi) is 2.31. The van der Waals surface area contributed by atoms with Gasteiger partial charge in [0, 0.05) is 5.56 Å². The van der Waals surface area contributed by atoms with E-state index in [0.29, 0.717) is 0 Å². The number of hydrogen-bond acceptors (Lipinski definition) is 3. The molecular formula is C8H13NO2. The number of hydrogen-bond donors (Lipinski definition) is 2. The maximum absolute atomic E-state index is 8.76. The number of nitrogens with two attached hydrogens (primary N) is 1. The molecule has 0 aliphatic heterocycles. The highest BCUT2D eigenvalue weighted by Gasteiger charge is 2.11. The van der Waals surface area contributed by atoms with E-state index >= 15 is 0 Å². The van der Waals surface area contributed by atoms with Crippen LogP contribution >= 0.6 is 0 Å². The number of furan rings is 1. The quantitative estimate of drug-likeness (QED) is 0.666. The van der Waals surface area contributed by atoms with E-state index in [0.717, 1.165) is 17.1 Å². The van der Waals surface area contributed by atoms with E-state index < -0.39 is 0 Å². The van der Waals surface area contributed by atoms with Crippen LogP contribution in [-0.2, 0) is 0 Å². The van der Waals surface area contributed by atoms with Gasteiger partial charge in [0.05, 0.1) is 12.6 Å². The van der Waals surface area contributed by atoms with Gasteiger partial charge >= 0.3 is 0 Å². The molecule has 0 bridgehead atoms. The minimum Gasteiger partial charge on any atom is -0.466 e. The lowest BCUT2D eigenvalue weighted by Gasteiger charge is -2.04. The van der Waals surface area contributed by atoms with Crippen molar-refractivity contribution in [2.75, 3.05) is 6.61 Å². The molecule has 0 amide bonds. The smallest absolute Gasteiger partial charge is 0.105 e. The highest BCUT2D eigenvalue weighted by Crippen LogP contribution is 2.18. The largest absolute Gasteiger partial charge is 0.466 e. The van der Waals surface area contributed by atoms with Crippen molar-refractivity contribution in [1.82, 2.24) is 0 Å². The molecule has 0 saturated carbocycles. The number of aliphatic hydroxyl groups is 1. The standard InChI is InChI=1S/C8H13NO2/c1-5-3-7(6(2)11-5)8(9)4-10/h3,8,10H,4,9H2,1-2H3/t8-/m1/s1. The predicted octanol–water partition coefficient (Wildman–Crippen LogP) is 0.889. The van der Waals surface area contributed by atoms with Gasteiger partial charge in [-0.2, -0.15) is 0 Å². The molecule has 1 aromatic rings. The summed E-state index contributed by atoms with van der Waals surface area (Å²) in [4.78, 5) is 0. The molecule has 0 aliphatic carbocycles. The Hall–Kier alpha value is -0.800. The molecule has 3 N–H and O–H groups in total. The monoisotopic (exact) mass is 155 g/mol. The molecule has 0 radical (unpaired) electrons. The average Bonchev–Trinajstić information content (AvgIpc) is 2.28. The first kappa shape index (κ1) is 8.30. The van der Waals surface area contributed by atoms with Crippen LogP contribution in [0.4, 0.5) is 0 Å². The normalized spacial score (nSPS) is 13.5. The summed E-state index contributed by atoms with van der Waals surface area (Å²) in [5.74, 6) is 1.63. The predicted molar refractivity (Wildman–Crippen MR) is 42.2 cm³/mol. The summed E-state index contributed by atoms with van der Waals surface area (Å²) in [5, 5.41) is 8.76. The molecule has 62 valence electrons. The second kappa shape index (κ2) is 3.07. The van der Waals surface area contributed by atoms with Crippen molar-refractivity contribution in [3.05, 3.63) is 23.2 Å².